The number of hydrogen-bond donors (Lipinski definition) is 2. The van der Waals surface area contributed by atoms with Gasteiger partial charge in [0.05, 0.1) is 0 Å². The minimum atomic E-state index is 0.284. The predicted octanol–water partition coefficient (Wildman–Crippen LogP) is 5.19. The van der Waals surface area contributed by atoms with Crippen molar-refractivity contribution in [2.45, 2.75) is 27.7 Å². The number of para-hydroxylation sites is 1. The molecule has 4 aromatic rings. The van der Waals surface area contributed by atoms with Crippen LogP contribution in [0, 0.1) is 0 Å². The summed E-state index contributed by atoms with van der Waals surface area (Å²) in [7, 11) is 0. The number of nitrogens with two attached hydrogens (primary N) is 1. The first-order chi connectivity index (χ1) is 13.3. The number of aromatic nitrogens is 4. The van der Waals surface area contributed by atoms with Crippen LogP contribution in [0.15, 0.2) is 66.9 Å². The zero-order valence-corrected chi connectivity index (χ0v) is 16.2. The van der Waals surface area contributed by atoms with Crippen LogP contribution in [0.4, 0.5) is 17.6 Å². The molecule has 4 rings (SSSR count). The van der Waals surface area contributed by atoms with Crippen molar-refractivity contribution >= 4 is 28.4 Å². The maximum atomic E-state index is 5.98. The molecule has 0 unspecified atom stereocenters. The van der Waals surface area contributed by atoms with Crippen LogP contribution in [0.2, 0.25) is 0 Å². The largest absolute Gasteiger partial charge is 0.368 e. The molecule has 0 aliphatic rings. The number of hydrogen-bond acceptors (Lipinski definition) is 5. The first-order valence-corrected chi connectivity index (χ1v) is 9.19. The van der Waals surface area contributed by atoms with Gasteiger partial charge in [-0.1, -0.05) is 70.2 Å². The molecule has 0 saturated carbocycles. The summed E-state index contributed by atoms with van der Waals surface area (Å²) in [5.74, 6) is 1.35. The second-order valence-corrected chi connectivity index (χ2v) is 5.09. The molecule has 2 aromatic carbocycles. The Morgan fingerprint density at radius 2 is 1.48 bits per heavy atom. The lowest BCUT2D eigenvalue weighted by molar-refractivity contribution is 0.862. The normalized spacial score (nSPS) is 9.63. The standard InChI is InChI=1S/C17H14N6.2C2H6/c18-16-21-17(20-14-8-2-1-3-9-14)22-23(16)15-10-12-6-4-5-7-13(12)11-19-15;2*1-2/h1-11H,(H3,18,20,21,22);2*1-2H3. The van der Waals surface area contributed by atoms with Gasteiger partial charge in [-0.25, -0.2) is 4.98 Å². The minimum Gasteiger partial charge on any atom is -0.368 e. The van der Waals surface area contributed by atoms with Gasteiger partial charge in [-0.05, 0) is 23.6 Å². The molecule has 0 amide bonds. The van der Waals surface area contributed by atoms with Crippen LogP contribution in [-0.4, -0.2) is 19.7 Å². The average molecular weight is 362 g/mol. The van der Waals surface area contributed by atoms with Crippen LogP contribution >= 0.6 is 0 Å². The minimum absolute atomic E-state index is 0.284. The summed E-state index contributed by atoms with van der Waals surface area (Å²) in [5.41, 5.74) is 6.88. The zero-order chi connectivity index (χ0) is 19.6. The summed E-state index contributed by atoms with van der Waals surface area (Å²) in [4.78, 5) is 8.65. The van der Waals surface area contributed by atoms with Gasteiger partial charge >= 0.3 is 0 Å². The van der Waals surface area contributed by atoms with Crippen molar-refractivity contribution in [3.63, 3.8) is 0 Å². The van der Waals surface area contributed by atoms with Crippen molar-refractivity contribution in [1.82, 2.24) is 19.7 Å². The number of nitrogens with zero attached hydrogens (tertiary/aromatic N) is 4. The maximum Gasteiger partial charge on any atom is 0.248 e. The van der Waals surface area contributed by atoms with E-state index in [1.54, 1.807) is 6.20 Å². The van der Waals surface area contributed by atoms with Gasteiger partial charge in [0.1, 0.15) is 0 Å². The van der Waals surface area contributed by atoms with Crippen LogP contribution in [0.1, 0.15) is 27.7 Å². The first kappa shape index (κ1) is 19.9. The molecule has 0 radical (unpaired) electrons. The number of pyridine rings is 1. The van der Waals surface area contributed by atoms with Gasteiger partial charge in [-0.2, -0.15) is 9.67 Å². The first-order valence-electron chi connectivity index (χ1n) is 9.19. The highest BCUT2D eigenvalue weighted by molar-refractivity contribution is 5.82. The highest BCUT2D eigenvalue weighted by Crippen LogP contribution is 2.19. The van der Waals surface area contributed by atoms with Crippen LogP contribution in [0.25, 0.3) is 16.6 Å². The van der Waals surface area contributed by atoms with E-state index in [9.17, 15) is 0 Å². The monoisotopic (exact) mass is 362 g/mol. The third-order valence-electron chi connectivity index (χ3n) is 3.50. The Morgan fingerprint density at radius 3 is 2.19 bits per heavy atom. The van der Waals surface area contributed by atoms with Crippen LogP contribution in [-0.2, 0) is 0 Å². The quantitative estimate of drug-likeness (QED) is 0.524. The zero-order valence-electron chi connectivity index (χ0n) is 16.2. The summed E-state index contributed by atoms with van der Waals surface area (Å²) < 4.78 is 1.53. The van der Waals surface area contributed by atoms with E-state index in [1.165, 1.54) is 4.68 Å². The summed E-state index contributed by atoms with van der Waals surface area (Å²) in [6.45, 7) is 8.00. The topological polar surface area (TPSA) is 81.6 Å². The van der Waals surface area contributed by atoms with Gasteiger partial charge in [0.15, 0.2) is 5.82 Å². The smallest absolute Gasteiger partial charge is 0.248 e. The second kappa shape index (κ2) is 9.91. The maximum absolute atomic E-state index is 5.98. The molecular formula is C21H26N6. The van der Waals surface area contributed by atoms with Crippen molar-refractivity contribution in [2.24, 2.45) is 0 Å². The number of fused-ring (bicyclic) bond motifs is 1. The van der Waals surface area contributed by atoms with Crippen molar-refractivity contribution in [3.8, 4) is 5.82 Å². The molecule has 3 N–H and O–H groups in total. The molecule has 6 heteroatoms. The molecule has 0 aliphatic heterocycles. The number of benzene rings is 2. The van der Waals surface area contributed by atoms with Crippen molar-refractivity contribution in [3.05, 3.63) is 66.9 Å². The summed E-state index contributed by atoms with van der Waals surface area (Å²) >= 11 is 0. The fourth-order valence-corrected chi connectivity index (χ4v) is 2.38. The number of nitrogen functional groups attached to an aromatic ring is 1. The highest BCUT2D eigenvalue weighted by atomic mass is 15.4. The fraction of sp³-hybridized carbons (Fsp3) is 0.190. The number of nitrogens with one attached hydrogen (secondary N) is 1. The molecule has 0 saturated heterocycles. The predicted molar refractivity (Wildman–Crippen MR) is 113 cm³/mol. The Labute approximate surface area is 160 Å². The van der Waals surface area contributed by atoms with E-state index in [1.807, 2.05) is 88.4 Å². The summed E-state index contributed by atoms with van der Waals surface area (Å²) in [5, 5.41) is 9.65. The highest BCUT2D eigenvalue weighted by Gasteiger charge is 2.10. The van der Waals surface area contributed by atoms with Crippen molar-refractivity contribution in [2.75, 3.05) is 11.1 Å². The average Bonchev–Trinajstić information content (AvgIpc) is 3.11. The third-order valence-corrected chi connectivity index (χ3v) is 3.50. The Balaban J connectivity index is 0.000000614. The molecule has 0 aliphatic carbocycles. The molecule has 0 bridgehead atoms. The van der Waals surface area contributed by atoms with Crippen LogP contribution < -0.4 is 11.1 Å². The van der Waals surface area contributed by atoms with E-state index in [0.717, 1.165) is 16.5 Å². The Morgan fingerprint density at radius 1 is 0.852 bits per heavy atom. The van der Waals surface area contributed by atoms with Gasteiger partial charge in [0.25, 0.3) is 0 Å². The molecule has 6 nitrogen and oxygen atoms in total. The van der Waals surface area contributed by atoms with Crippen LogP contribution in [0.5, 0.6) is 0 Å². The van der Waals surface area contributed by atoms with Gasteiger partial charge in [0.2, 0.25) is 11.9 Å². The fourth-order valence-electron chi connectivity index (χ4n) is 2.38. The molecule has 2 aromatic heterocycles. The van der Waals surface area contributed by atoms with E-state index in [2.05, 4.69) is 20.4 Å². The Hall–Kier alpha value is -3.41. The third kappa shape index (κ3) is 4.82. The van der Waals surface area contributed by atoms with Crippen molar-refractivity contribution < 1.29 is 0 Å². The van der Waals surface area contributed by atoms with E-state index in [0.29, 0.717) is 11.8 Å². The SMILES string of the molecule is CC.CC.Nc1nc(Nc2ccccc2)nn1-c1cc2ccccc2cn1. The Kier molecular flexibility index (Phi) is 7.31. The van der Waals surface area contributed by atoms with E-state index < -0.39 is 0 Å². The van der Waals surface area contributed by atoms with Gasteiger partial charge < -0.3 is 11.1 Å². The van der Waals surface area contributed by atoms with Crippen molar-refractivity contribution in [1.29, 1.82) is 0 Å². The summed E-state index contributed by atoms with van der Waals surface area (Å²) in [6.07, 6.45) is 1.80. The molecule has 2 heterocycles. The van der Waals surface area contributed by atoms with E-state index >= 15 is 0 Å². The number of rotatable bonds is 3. The Bertz CT molecular complexity index is 963. The van der Waals surface area contributed by atoms with Crippen LogP contribution in [0.3, 0.4) is 0 Å². The molecule has 0 spiro atoms. The second-order valence-electron chi connectivity index (χ2n) is 5.09. The molecule has 27 heavy (non-hydrogen) atoms. The lowest BCUT2D eigenvalue weighted by Crippen LogP contribution is -2.04. The van der Waals surface area contributed by atoms with Gasteiger partial charge in [0, 0.05) is 17.3 Å². The van der Waals surface area contributed by atoms with Gasteiger partial charge in [-0.15, -0.1) is 5.10 Å². The lowest BCUT2D eigenvalue weighted by atomic mass is 10.2. The lowest BCUT2D eigenvalue weighted by Gasteiger charge is -2.03. The molecule has 0 atom stereocenters. The number of anilines is 3. The molecule has 140 valence electrons. The van der Waals surface area contributed by atoms with E-state index in [-0.39, 0.29) is 5.95 Å². The van der Waals surface area contributed by atoms with Gasteiger partial charge in [-0.3, -0.25) is 0 Å². The van der Waals surface area contributed by atoms with E-state index in [4.69, 9.17) is 5.73 Å². The summed E-state index contributed by atoms with van der Waals surface area (Å²) in [6, 6.07) is 19.6. The molecular weight excluding hydrogens is 336 g/mol. The molecule has 0 fully saturated rings.